The molecule has 0 aliphatic rings. The molecule has 7 heteroatoms. The average molecular weight is 265 g/mol. The summed E-state index contributed by atoms with van der Waals surface area (Å²) in [6.07, 6.45) is 1.74. The molecule has 6 nitrogen and oxygen atoms in total. The molecular weight excluding hydrogens is 252 g/mol. The van der Waals surface area contributed by atoms with Crippen LogP contribution in [0.4, 0.5) is 11.9 Å². The maximum absolute atomic E-state index is 5.81. The Kier molecular flexibility index (Phi) is 4.25. The van der Waals surface area contributed by atoms with E-state index in [9.17, 15) is 0 Å². The number of anilines is 2. The van der Waals surface area contributed by atoms with Crippen molar-refractivity contribution in [2.45, 2.75) is 13.5 Å². The summed E-state index contributed by atoms with van der Waals surface area (Å²) in [5, 5.41) is 6.19. The SMILES string of the molecule is CCNc1nc(Cl)nc(NCc2ccccn2)n1. The highest BCUT2D eigenvalue weighted by atomic mass is 35.5. The van der Waals surface area contributed by atoms with Crippen molar-refractivity contribution in [2.24, 2.45) is 0 Å². The number of halogens is 1. The number of hydrogen-bond acceptors (Lipinski definition) is 6. The summed E-state index contributed by atoms with van der Waals surface area (Å²) in [5.74, 6) is 0.887. The van der Waals surface area contributed by atoms with Gasteiger partial charge < -0.3 is 10.6 Å². The molecule has 0 fully saturated rings. The number of aromatic nitrogens is 4. The molecule has 0 bridgehead atoms. The molecule has 2 rings (SSSR count). The second kappa shape index (κ2) is 6.11. The third-order valence-electron chi connectivity index (χ3n) is 2.10. The van der Waals surface area contributed by atoms with E-state index in [0.717, 1.165) is 12.2 Å². The number of rotatable bonds is 5. The summed E-state index contributed by atoms with van der Waals surface area (Å²) in [6, 6.07) is 5.71. The predicted octanol–water partition coefficient (Wildman–Crippen LogP) is 1.96. The zero-order chi connectivity index (χ0) is 12.8. The topological polar surface area (TPSA) is 75.6 Å². The maximum Gasteiger partial charge on any atom is 0.229 e. The van der Waals surface area contributed by atoms with Crippen molar-refractivity contribution in [2.75, 3.05) is 17.2 Å². The second-order valence-corrected chi connectivity index (χ2v) is 3.79. The molecule has 0 radical (unpaired) electrons. The van der Waals surface area contributed by atoms with E-state index in [1.807, 2.05) is 25.1 Å². The number of pyridine rings is 1. The van der Waals surface area contributed by atoms with E-state index in [2.05, 4.69) is 30.6 Å². The summed E-state index contributed by atoms with van der Waals surface area (Å²) >= 11 is 5.81. The lowest BCUT2D eigenvalue weighted by Crippen LogP contribution is -2.09. The molecule has 2 heterocycles. The zero-order valence-corrected chi connectivity index (χ0v) is 10.6. The molecule has 0 saturated carbocycles. The normalized spacial score (nSPS) is 10.1. The summed E-state index contributed by atoms with van der Waals surface area (Å²) in [5.41, 5.74) is 0.902. The van der Waals surface area contributed by atoms with Crippen LogP contribution in [0.5, 0.6) is 0 Å². The molecule has 0 spiro atoms. The van der Waals surface area contributed by atoms with Crippen molar-refractivity contribution in [1.82, 2.24) is 19.9 Å². The van der Waals surface area contributed by atoms with Gasteiger partial charge in [-0.2, -0.15) is 15.0 Å². The summed E-state index contributed by atoms with van der Waals surface area (Å²) in [7, 11) is 0. The number of nitrogens with zero attached hydrogens (tertiary/aromatic N) is 4. The Morgan fingerprint density at radius 1 is 1.11 bits per heavy atom. The third kappa shape index (κ3) is 3.53. The van der Waals surface area contributed by atoms with Gasteiger partial charge in [-0.25, -0.2) is 0 Å². The first kappa shape index (κ1) is 12.5. The molecule has 0 aromatic carbocycles. The quantitative estimate of drug-likeness (QED) is 0.860. The molecule has 0 amide bonds. The smallest absolute Gasteiger partial charge is 0.229 e. The Bertz CT molecular complexity index is 504. The largest absolute Gasteiger partial charge is 0.354 e. The van der Waals surface area contributed by atoms with E-state index >= 15 is 0 Å². The molecular formula is C11H13ClN6. The minimum absolute atomic E-state index is 0.157. The van der Waals surface area contributed by atoms with Crippen LogP contribution in [-0.4, -0.2) is 26.5 Å². The van der Waals surface area contributed by atoms with Crippen molar-refractivity contribution >= 4 is 23.5 Å². The van der Waals surface area contributed by atoms with E-state index in [1.54, 1.807) is 6.20 Å². The van der Waals surface area contributed by atoms with Gasteiger partial charge in [-0.05, 0) is 30.7 Å². The predicted molar refractivity (Wildman–Crippen MR) is 70.6 cm³/mol. The zero-order valence-electron chi connectivity index (χ0n) is 9.89. The lowest BCUT2D eigenvalue weighted by atomic mass is 10.3. The van der Waals surface area contributed by atoms with Gasteiger partial charge in [0, 0.05) is 12.7 Å². The fraction of sp³-hybridized carbons (Fsp3) is 0.273. The first-order valence-electron chi connectivity index (χ1n) is 5.57. The molecule has 2 aromatic heterocycles. The molecule has 0 aliphatic carbocycles. The fourth-order valence-electron chi connectivity index (χ4n) is 1.34. The summed E-state index contributed by atoms with van der Waals surface area (Å²) in [6.45, 7) is 3.21. The van der Waals surface area contributed by atoms with Gasteiger partial charge in [-0.15, -0.1) is 0 Å². The van der Waals surface area contributed by atoms with Crippen LogP contribution in [0.25, 0.3) is 0 Å². The lowest BCUT2D eigenvalue weighted by molar-refractivity contribution is 0.966. The van der Waals surface area contributed by atoms with Gasteiger partial charge in [-0.1, -0.05) is 6.07 Å². The molecule has 94 valence electrons. The lowest BCUT2D eigenvalue weighted by Gasteiger charge is -2.06. The Morgan fingerprint density at radius 2 is 1.89 bits per heavy atom. The van der Waals surface area contributed by atoms with Gasteiger partial charge in [0.05, 0.1) is 12.2 Å². The van der Waals surface area contributed by atoms with Gasteiger partial charge in [-0.3, -0.25) is 4.98 Å². The van der Waals surface area contributed by atoms with Crippen molar-refractivity contribution in [3.8, 4) is 0 Å². The van der Waals surface area contributed by atoms with Gasteiger partial charge in [0.15, 0.2) is 0 Å². The number of hydrogen-bond donors (Lipinski definition) is 2. The standard InChI is InChI=1S/C11H13ClN6/c1-2-13-10-16-9(12)17-11(18-10)15-7-8-5-3-4-6-14-8/h3-6H,2,7H2,1H3,(H2,13,15,16,17,18). The second-order valence-electron chi connectivity index (χ2n) is 3.46. The molecule has 0 unspecified atom stereocenters. The Labute approximate surface area is 110 Å². The van der Waals surface area contributed by atoms with Crippen LogP contribution in [0, 0.1) is 0 Å². The van der Waals surface area contributed by atoms with E-state index in [1.165, 1.54) is 0 Å². The molecule has 0 atom stereocenters. The van der Waals surface area contributed by atoms with E-state index in [4.69, 9.17) is 11.6 Å². The highest BCUT2D eigenvalue weighted by Crippen LogP contribution is 2.10. The van der Waals surface area contributed by atoms with Crippen molar-refractivity contribution in [1.29, 1.82) is 0 Å². The van der Waals surface area contributed by atoms with Crippen LogP contribution in [0.15, 0.2) is 24.4 Å². The fourth-order valence-corrected chi connectivity index (χ4v) is 1.50. The minimum atomic E-state index is 0.157. The first-order valence-corrected chi connectivity index (χ1v) is 5.95. The molecule has 18 heavy (non-hydrogen) atoms. The minimum Gasteiger partial charge on any atom is -0.354 e. The third-order valence-corrected chi connectivity index (χ3v) is 2.27. The highest BCUT2D eigenvalue weighted by Gasteiger charge is 2.04. The molecule has 2 N–H and O–H groups in total. The Balaban J connectivity index is 2.05. The van der Waals surface area contributed by atoms with Crippen molar-refractivity contribution < 1.29 is 0 Å². The molecule has 0 aliphatic heterocycles. The Morgan fingerprint density at radius 3 is 2.56 bits per heavy atom. The van der Waals surface area contributed by atoms with E-state index in [-0.39, 0.29) is 5.28 Å². The van der Waals surface area contributed by atoms with E-state index in [0.29, 0.717) is 18.4 Å². The van der Waals surface area contributed by atoms with Crippen LogP contribution >= 0.6 is 11.6 Å². The van der Waals surface area contributed by atoms with Crippen LogP contribution in [0.3, 0.4) is 0 Å². The first-order chi connectivity index (χ1) is 8.78. The monoisotopic (exact) mass is 264 g/mol. The Hall–Kier alpha value is -1.95. The average Bonchev–Trinajstić information content (AvgIpc) is 2.37. The maximum atomic E-state index is 5.81. The molecule has 0 saturated heterocycles. The van der Waals surface area contributed by atoms with Gasteiger partial charge in [0.25, 0.3) is 0 Å². The molecule has 2 aromatic rings. The van der Waals surface area contributed by atoms with Gasteiger partial charge >= 0.3 is 0 Å². The van der Waals surface area contributed by atoms with E-state index < -0.39 is 0 Å². The number of nitrogens with one attached hydrogen (secondary N) is 2. The highest BCUT2D eigenvalue weighted by molar-refractivity contribution is 6.28. The van der Waals surface area contributed by atoms with Crippen LogP contribution in [0.1, 0.15) is 12.6 Å². The van der Waals surface area contributed by atoms with Gasteiger partial charge in [0.1, 0.15) is 0 Å². The van der Waals surface area contributed by atoms with Crippen LogP contribution in [0.2, 0.25) is 5.28 Å². The van der Waals surface area contributed by atoms with Crippen molar-refractivity contribution in [3.63, 3.8) is 0 Å². The summed E-state index contributed by atoms with van der Waals surface area (Å²) < 4.78 is 0. The van der Waals surface area contributed by atoms with Crippen molar-refractivity contribution in [3.05, 3.63) is 35.4 Å². The summed E-state index contributed by atoms with van der Waals surface area (Å²) in [4.78, 5) is 16.3. The van der Waals surface area contributed by atoms with Crippen LogP contribution in [-0.2, 0) is 6.54 Å². The van der Waals surface area contributed by atoms with Crippen LogP contribution < -0.4 is 10.6 Å². The van der Waals surface area contributed by atoms with Gasteiger partial charge in [0.2, 0.25) is 17.2 Å².